The summed E-state index contributed by atoms with van der Waals surface area (Å²) in [5.74, 6) is 1.06. The second-order valence-electron chi connectivity index (χ2n) is 6.20. The minimum atomic E-state index is -0.594. The van der Waals surface area contributed by atoms with E-state index in [4.69, 9.17) is 4.42 Å². The van der Waals surface area contributed by atoms with Crippen LogP contribution in [-0.2, 0) is 14.1 Å². The molecule has 2 aromatic rings. The van der Waals surface area contributed by atoms with Gasteiger partial charge in [0.1, 0.15) is 17.6 Å². The summed E-state index contributed by atoms with van der Waals surface area (Å²) in [6.07, 6.45) is 3.89. The Morgan fingerprint density at radius 3 is 2.60 bits per heavy atom. The van der Waals surface area contributed by atoms with Crippen LogP contribution in [0.25, 0.3) is 0 Å². The first kappa shape index (κ1) is 17.0. The summed E-state index contributed by atoms with van der Waals surface area (Å²) in [5, 5.41) is 12.5. The predicted octanol–water partition coefficient (Wildman–Crippen LogP) is 0.798. The van der Waals surface area contributed by atoms with Crippen molar-refractivity contribution >= 4 is 5.82 Å². The van der Waals surface area contributed by atoms with Gasteiger partial charge in [0, 0.05) is 20.6 Å². The van der Waals surface area contributed by atoms with Gasteiger partial charge in [-0.3, -0.25) is 18.8 Å². The molecule has 8 heteroatoms. The Labute approximate surface area is 144 Å². The largest absolute Gasteiger partial charge is 0.468 e. The smallest absolute Gasteiger partial charge is 0.332 e. The SMILES string of the molecule is Cn1c(NC[C@@H](c2ccco2)N2CCCC2)c(C#N)c(=O)n(C)c1=O. The van der Waals surface area contributed by atoms with Crippen molar-refractivity contribution in [3.63, 3.8) is 0 Å². The Balaban J connectivity index is 1.93. The van der Waals surface area contributed by atoms with Crippen molar-refractivity contribution in [1.82, 2.24) is 14.0 Å². The molecule has 8 nitrogen and oxygen atoms in total. The third-order valence-corrected chi connectivity index (χ3v) is 4.69. The maximum atomic E-state index is 12.2. The van der Waals surface area contributed by atoms with Crippen LogP contribution < -0.4 is 16.6 Å². The molecule has 1 aliphatic rings. The summed E-state index contributed by atoms with van der Waals surface area (Å²) in [7, 11) is 2.91. The summed E-state index contributed by atoms with van der Waals surface area (Å²) < 4.78 is 7.80. The summed E-state index contributed by atoms with van der Waals surface area (Å²) in [6.45, 7) is 2.37. The normalized spacial score (nSPS) is 15.9. The molecule has 0 aliphatic carbocycles. The second-order valence-corrected chi connectivity index (χ2v) is 6.20. The van der Waals surface area contributed by atoms with E-state index >= 15 is 0 Å². The Hall–Kier alpha value is -2.79. The van der Waals surface area contributed by atoms with Crippen LogP contribution >= 0.6 is 0 Å². The monoisotopic (exact) mass is 343 g/mol. The van der Waals surface area contributed by atoms with E-state index in [1.54, 1.807) is 13.3 Å². The first-order valence-corrected chi connectivity index (χ1v) is 8.26. The van der Waals surface area contributed by atoms with Gasteiger partial charge >= 0.3 is 5.69 Å². The van der Waals surface area contributed by atoms with Crippen molar-refractivity contribution < 1.29 is 4.42 Å². The fourth-order valence-corrected chi connectivity index (χ4v) is 3.29. The maximum absolute atomic E-state index is 12.2. The van der Waals surface area contributed by atoms with Crippen LogP contribution in [0.2, 0.25) is 0 Å². The van der Waals surface area contributed by atoms with Crippen molar-refractivity contribution in [2.75, 3.05) is 25.0 Å². The Bertz CT molecular complexity index is 898. The van der Waals surface area contributed by atoms with Gasteiger partial charge in [-0.1, -0.05) is 0 Å². The highest BCUT2D eigenvalue weighted by molar-refractivity contribution is 5.51. The topological polar surface area (TPSA) is 96.2 Å². The summed E-state index contributed by atoms with van der Waals surface area (Å²) in [5.41, 5.74) is -1.13. The van der Waals surface area contributed by atoms with Gasteiger partial charge in [0.15, 0.2) is 5.56 Å². The van der Waals surface area contributed by atoms with E-state index in [-0.39, 0.29) is 17.4 Å². The van der Waals surface area contributed by atoms with Gasteiger partial charge in [0.05, 0.1) is 12.3 Å². The molecule has 0 spiro atoms. The van der Waals surface area contributed by atoms with Crippen LogP contribution in [-0.4, -0.2) is 33.7 Å². The van der Waals surface area contributed by atoms with Crippen LogP contribution in [0.3, 0.4) is 0 Å². The summed E-state index contributed by atoms with van der Waals surface area (Å²) in [4.78, 5) is 26.6. The molecule has 1 fully saturated rings. The number of hydrogen-bond donors (Lipinski definition) is 1. The number of nitrogens with zero attached hydrogens (tertiary/aromatic N) is 4. The third kappa shape index (κ3) is 3.10. The minimum absolute atomic E-state index is 0.0248. The predicted molar refractivity (Wildman–Crippen MR) is 92.4 cm³/mol. The molecular formula is C17H21N5O3. The lowest BCUT2D eigenvalue weighted by Crippen LogP contribution is -2.40. The molecule has 0 saturated carbocycles. The summed E-state index contributed by atoms with van der Waals surface area (Å²) in [6, 6.07) is 5.64. The molecule has 0 bridgehead atoms. The van der Waals surface area contributed by atoms with Gasteiger partial charge < -0.3 is 9.73 Å². The molecule has 1 saturated heterocycles. The first-order valence-electron chi connectivity index (χ1n) is 8.26. The van der Waals surface area contributed by atoms with E-state index in [9.17, 15) is 14.9 Å². The lowest BCUT2D eigenvalue weighted by molar-refractivity contribution is 0.225. The van der Waals surface area contributed by atoms with Crippen molar-refractivity contribution in [3.05, 3.63) is 50.6 Å². The highest BCUT2D eigenvalue weighted by Crippen LogP contribution is 2.26. The molecule has 0 unspecified atom stereocenters. The van der Waals surface area contributed by atoms with Crippen molar-refractivity contribution in [2.45, 2.75) is 18.9 Å². The number of aromatic nitrogens is 2. The number of anilines is 1. The van der Waals surface area contributed by atoms with E-state index in [1.165, 1.54) is 11.6 Å². The van der Waals surface area contributed by atoms with E-state index in [0.717, 1.165) is 36.3 Å². The summed E-state index contributed by atoms with van der Waals surface area (Å²) >= 11 is 0. The Morgan fingerprint density at radius 1 is 1.28 bits per heavy atom. The second kappa shape index (κ2) is 6.99. The zero-order chi connectivity index (χ0) is 18.0. The zero-order valence-electron chi connectivity index (χ0n) is 14.4. The molecule has 0 aromatic carbocycles. The van der Waals surface area contributed by atoms with Crippen LogP contribution in [0.5, 0.6) is 0 Å². The number of likely N-dealkylation sites (tertiary alicyclic amines) is 1. The highest BCUT2D eigenvalue weighted by Gasteiger charge is 2.26. The zero-order valence-corrected chi connectivity index (χ0v) is 14.4. The molecule has 3 heterocycles. The van der Waals surface area contributed by atoms with Gasteiger partial charge in [0.2, 0.25) is 0 Å². The van der Waals surface area contributed by atoms with Gasteiger partial charge in [-0.15, -0.1) is 0 Å². The quantitative estimate of drug-likeness (QED) is 0.862. The lowest BCUT2D eigenvalue weighted by Gasteiger charge is -2.27. The molecule has 1 N–H and O–H groups in total. The number of rotatable bonds is 5. The average Bonchev–Trinajstić information content (AvgIpc) is 3.32. The van der Waals surface area contributed by atoms with E-state index in [2.05, 4.69) is 10.2 Å². The van der Waals surface area contributed by atoms with E-state index < -0.39 is 11.2 Å². The van der Waals surface area contributed by atoms with E-state index in [1.807, 2.05) is 18.2 Å². The fraction of sp³-hybridized carbons (Fsp3) is 0.471. The van der Waals surface area contributed by atoms with Gasteiger partial charge in [-0.2, -0.15) is 5.26 Å². The van der Waals surface area contributed by atoms with Gasteiger partial charge in [0.25, 0.3) is 5.56 Å². The van der Waals surface area contributed by atoms with Crippen LogP contribution in [0.15, 0.2) is 32.4 Å². The molecule has 1 atom stereocenters. The highest BCUT2D eigenvalue weighted by atomic mass is 16.3. The first-order chi connectivity index (χ1) is 12.0. The average molecular weight is 343 g/mol. The van der Waals surface area contributed by atoms with Crippen LogP contribution in [0, 0.1) is 11.3 Å². The molecule has 3 rings (SSSR count). The standard InChI is InChI=1S/C17H21N5O3/c1-20-15(12(10-18)16(23)21(2)17(20)24)19-11-13(14-6-5-9-25-14)22-7-3-4-8-22/h5-6,9,13,19H,3-4,7-8,11H2,1-2H3/t13-/m0/s1. The van der Waals surface area contributed by atoms with Crippen molar-refractivity contribution in [3.8, 4) is 6.07 Å². The van der Waals surface area contributed by atoms with E-state index in [0.29, 0.717) is 6.54 Å². The number of nitriles is 1. The van der Waals surface area contributed by atoms with Gasteiger partial charge in [-0.05, 0) is 38.1 Å². The number of furan rings is 1. The molecule has 0 radical (unpaired) electrons. The fourth-order valence-electron chi connectivity index (χ4n) is 3.29. The Morgan fingerprint density at radius 2 is 2.00 bits per heavy atom. The molecule has 25 heavy (non-hydrogen) atoms. The minimum Gasteiger partial charge on any atom is -0.468 e. The van der Waals surface area contributed by atoms with Crippen LogP contribution in [0.1, 0.15) is 30.2 Å². The van der Waals surface area contributed by atoms with Crippen molar-refractivity contribution in [1.29, 1.82) is 5.26 Å². The van der Waals surface area contributed by atoms with Crippen LogP contribution in [0.4, 0.5) is 5.82 Å². The molecular weight excluding hydrogens is 322 g/mol. The Kier molecular flexibility index (Phi) is 4.76. The molecule has 0 amide bonds. The number of nitrogens with one attached hydrogen (secondary N) is 1. The molecule has 1 aliphatic heterocycles. The van der Waals surface area contributed by atoms with Gasteiger partial charge in [-0.25, -0.2) is 4.79 Å². The number of hydrogen-bond acceptors (Lipinski definition) is 6. The molecule has 2 aromatic heterocycles. The third-order valence-electron chi connectivity index (χ3n) is 4.69. The van der Waals surface area contributed by atoms with Crippen molar-refractivity contribution in [2.24, 2.45) is 14.1 Å². The maximum Gasteiger partial charge on any atom is 0.332 e. The lowest BCUT2D eigenvalue weighted by atomic mass is 10.2. The molecule has 132 valence electrons.